The van der Waals surface area contributed by atoms with E-state index in [1.54, 1.807) is 0 Å². The van der Waals surface area contributed by atoms with Crippen LogP contribution < -0.4 is 14.2 Å². The van der Waals surface area contributed by atoms with E-state index in [1.165, 1.54) is 0 Å². The second-order valence-electron chi connectivity index (χ2n) is 5.50. The molecular formula is C16H6F12O3. The number of hydrogen-bond donors (Lipinski definition) is 0. The van der Waals surface area contributed by atoms with Crippen LogP contribution in [0.25, 0.3) is 0 Å². The van der Waals surface area contributed by atoms with Crippen LogP contribution in [0.1, 0.15) is 0 Å². The van der Waals surface area contributed by atoms with E-state index in [2.05, 4.69) is 14.2 Å². The lowest BCUT2D eigenvalue weighted by Crippen LogP contribution is -2.33. The smallest absolute Gasteiger partial charge is 0.314 e. The van der Waals surface area contributed by atoms with E-state index in [9.17, 15) is 52.7 Å². The van der Waals surface area contributed by atoms with E-state index in [0.29, 0.717) is 0 Å². The molecule has 0 aliphatic rings. The molecule has 0 aromatic heterocycles. The van der Waals surface area contributed by atoms with Gasteiger partial charge in [-0.15, -0.1) is 0 Å². The summed E-state index contributed by atoms with van der Waals surface area (Å²) in [5, 5.41) is 0. The third-order valence-electron chi connectivity index (χ3n) is 3.41. The molecule has 2 aromatic carbocycles. The van der Waals surface area contributed by atoms with Crippen molar-refractivity contribution in [1.29, 1.82) is 0 Å². The molecular weight excluding hydrogens is 468 g/mol. The zero-order valence-corrected chi connectivity index (χ0v) is 14.4. The highest BCUT2D eigenvalue weighted by Gasteiger charge is 2.36. The predicted molar refractivity (Wildman–Crippen MR) is 75.0 cm³/mol. The molecule has 0 saturated heterocycles. The van der Waals surface area contributed by atoms with Gasteiger partial charge in [-0.3, -0.25) is 0 Å². The van der Waals surface area contributed by atoms with Crippen LogP contribution in [-0.4, -0.2) is 26.0 Å². The molecule has 0 saturated carbocycles. The molecule has 0 amide bonds. The Balaban J connectivity index is 2.21. The minimum Gasteiger partial charge on any atom is -0.481 e. The Morgan fingerprint density at radius 2 is 0.710 bits per heavy atom. The molecule has 0 unspecified atom stereocenters. The summed E-state index contributed by atoms with van der Waals surface area (Å²) in [6.45, 7) is -6.19. The van der Waals surface area contributed by atoms with Crippen LogP contribution in [0.2, 0.25) is 0 Å². The molecule has 0 atom stereocenters. The first-order valence-corrected chi connectivity index (χ1v) is 7.53. The van der Waals surface area contributed by atoms with E-state index in [0.717, 1.165) is 0 Å². The van der Waals surface area contributed by atoms with E-state index in [-0.39, 0.29) is 0 Å². The van der Waals surface area contributed by atoms with Crippen molar-refractivity contribution < 1.29 is 66.9 Å². The highest BCUT2D eigenvalue weighted by atomic mass is 19.3. The van der Waals surface area contributed by atoms with Crippen LogP contribution in [0.5, 0.6) is 17.2 Å². The van der Waals surface area contributed by atoms with Gasteiger partial charge in [0, 0.05) is 0 Å². The zero-order chi connectivity index (χ0) is 23.7. The van der Waals surface area contributed by atoms with Gasteiger partial charge in [0.25, 0.3) is 0 Å². The molecule has 0 aliphatic carbocycles. The Bertz CT molecular complexity index is 937. The van der Waals surface area contributed by atoms with Crippen molar-refractivity contribution in [1.82, 2.24) is 0 Å². The summed E-state index contributed by atoms with van der Waals surface area (Å²) in [7, 11) is 0. The van der Waals surface area contributed by atoms with Crippen molar-refractivity contribution in [3.8, 4) is 17.2 Å². The van der Waals surface area contributed by atoms with Crippen molar-refractivity contribution in [2.45, 2.75) is 5.92 Å². The second-order valence-corrected chi connectivity index (χ2v) is 5.50. The number of hydrogen-bond acceptors (Lipinski definition) is 3. The van der Waals surface area contributed by atoms with E-state index in [4.69, 9.17) is 0 Å². The van der Waals surface area contributed by atoms with E-state index in [1.807, 2.05) is 0 Å². The van der Waals surface area contributed by atoms with Crippen LogP contribution >= 0.6 is 0 Å². The number of alkyl halides is 3. The Labute approximate surface area is 163 Å². The maximum absolute atomic E-state index is 13.7. The summed E-state index contributed by atoms with van der Waals surface area (Å²) in [5.74, 6) is -32.6. The maximum atomic E-state index is 13.7. The molecule has 0 bridgehead atoms. The van der Waals surface area contributed by atoms with Crippen molar-refractivity contribution in [2.24, 2.45) is 0 Å². The van der Waals surface area contributed by atoms with Crippen molar-refractivity contribution in [3.05, 3.63) is 52.4 Å². The van der Waals surface area contributed by atoms with E-state index < -0.39 is 95.6 Å². The van der Waals surface area contributed by atoms with E-state index >= 15 is 0 Å². The van der Waals surface area contributed by atoms with Gasteiger partial charge in [-0.25, -0.2) is 17.6 Å². The van der Waals surface area contributed by atoms with Crippen molar-refractivity contribution in [3.63, 3.8) is 0 Å². The molecule has 15 heteroatoms. The Morgan fingerprint density at radius 1 is 0.452 bits per heavy atom. The first-order chi connectivity index (χ1) is 14.3. The van der Waals surface area contributed by atoms with Crippen LogP contribution in [0.4, 0.5) is 52.7 Å². The first kappa shape index (κ1) is 24.3. The lowest BCUT2D eigenvalue weighted by molar-refractivity contribution is -0.0759. The Morgan fingerprint density at radius 3 is 1.03 bits per heavy atom. The topological polar surface area (TPSA) is 27.7 Å². The average Bonchev–Trinajstić information content (AvgIpc) is 2.72. The highest BCUT2D eigenvalue weighted by molar-refractivity contribution is 5.38. The predicted octanol–water partition coefficient (Wildman–Crippen LogP) is 5.34. The summed E-state index contributed by atoms with van der Waals surface area (Å²) in [6, 6.07) is 0. The summed E-state index contributed by atoms with van der Waals surface area (Å²) in [5.41, 5.74) is 0. The molecule has 0 heterocycles. The lowest BCUT2D eigenvalue weighted by atomic mass is 10.2. The summed E-state index contributed by atoms with van der Waals surface area (Å²) >= 11 is 0. The normalized spacial score (nSPS) is 11.6. The fraction of sp³-hybridized carbons (Fsp3) is 0.250. The van der Waals surface area contributed by atoms with Crippen LogP contribution in [-0.2, 0) is 0 Å². The minimum absolute atomic E-state index is 1.84. The average molecular weight is 474 g/mol. The van der Waals surface area contributed by atoms with Gasteiger partial charge in [-0.05, 0) is 0 Å². The fourth-order valence-electron chi connectivity index (χ4n) is 2.01. The standard InChI is InChI=1S/C16H6F12O3/c17-3-31-15-11(25)9(23)14(10(24)12(15)26)30-2-16(27,28)1-29-13-7(21)5(19)4(18)6(20)8(13)22/h1-3H2. The number of ether oxygens (including phenoxy) is 3. The molecule has 172 valence electrons. The van der Waals surface area contributed by atoms with Crippen LogP contribution in [0.3, 0.4) is 0 Å². The van der Waals surface area contributed by atoms with Gasteiger partial charge in [0.1, 0.15) is 0 Å². The lowest BCUT2D eigenvalue weighted by Gasteiger charge is -2.19. The molecule has 0 N–H and O–H groups in total. The van der Waals surface area contributed by atoms with Crippen LogP contribution in [0, 0.1) is 52.4 Å². The molecule has 3 nitrogen and oxygen atoms in total. The van der Waals surface area contributed by atoms with Gasteiger partial charge in [-0.1, -0.05) is 0 Å². The van der Waals surface area contributed by atoms with Crippen molar-refractivity contribution in [2.75, 3.05) is 20.1 Å². The molecule has 2 aromatic rings. The summed E-state index contributed by atoms with van der Waals surface area (Å²) in [4.78, 5) is 0. The number of rotatable bonds is 8. The molecule has 0 radical (unpaired) electrons. The molecule has 0 spiro atoms. The third-order valence-corrected chi connectivity index (χ3v) is 3.41. The third kappa shape index (κ3) is 4.69. The molecule has 0 aliphatic heterocycles. The van der Waals surface area contributed by atoms with Gasteiger partial charge in [0.05, 0.1) is 0 Å². The fourth-order valence-corrected chi connectivity index (χ4v) is 2.01. The molecule has 31 heavy (non-hydrogen) atoms. The largest absolute Gasteiger partial charge is 0.481 e. The Hall–Kier alpha value is -3.00. The number of halogens is 12. The Kier molecular flexibility index (Phi) is 7.06. The molecule has 2 rings (SSSR count). The van der Waals surface area contributed by atoms with Crippen LogP contribution in [0.15, 0.2) is 0 Å². The second kappa shape index (κ2) is 9.01. The summed E-state index contributed by atoms with van der Waals surface area (Å²) in [6.07, 6.45) is 0. The first-order valence-electron chi connectivity index (χ1n) is 7.53. The van der Waals surface area contributed by atoms with Gasteiger partial charge in [0.15, 0.2) is 24.7 Å². The maximum Gasteiger partial charge on any atom is 0.314 e. The van der Waals surface area contributed by atoms with Gasteiger partial charge in [-0.2, -0.15) is 35.1 Å². The minimum atomic E-state index is -4.44. The monoisotopic (exact) mass is 474 g/mol. The highest BCUT2D eigenvalue weighted by Crippen LogP contribution is 2.36. The van der Waals surface area contributed by atoms with Gasteiger partial charge >= 0.3 is 5.92 Å². The van der Waals surface area contributed by atoms with Gasteiger partial charge in [0.2, 0.25) is 65.0 Å². The van der Waals surface area contributed by atoms with Crippen molar-refractivity contribution >= 4 is 0 Å². The summed E-state index contributed by atoms with van der Waals surface area (Å²) < 4.78 is 171. The van der Waals surface area contributed by atoms with Gasteiger partial charge < -0.3 is 14.2 Å². The zero-order valence-electron chi connectivity index (χ0n) is 14.4. The quantitative estimate of drug-likeness (QED) is 0.294. The molecule has 0 fully saturated rings. The SMILES string of the molecule is FCOc1c(F)c(F)c(OCC(F)(F)COc2c(F)c(F)c(F)c(F)c2F)c(F)c1F. The number of benzene rings is 2.